The average Bonchev–Trinajstić information content (AvgIpc) is 2.27. The summed E-state index contributed by atoms with van der Waals surface area (Å²) in [5, 5.41) is 8.22. The number of rotatable bonds is 6. The third kappa shape index (κ3) is 4.28. The molecule has 94 valence electrons. The lowest BCUT2D eigenvalue weighted by Crippen LogP contribution is -2.25. The lowest BCUT2D eigenvalue weighted by atomic mass is 10.1. The summed E-state index contributed by atoms with van der Waals surface area (Å²) in [6.45, 7) is 0.614. The number of carbonyl (C=O) groups is 1. The SMILES string of the molecule is CN(C)CCS(=O)C(C(=O)O)c1ccccc1. The van der Waals surface area contributed by atoms with Crippen LogP contribution in [0.25, 0.3) is 0 Å². The van der Waals surface area contributed by atoms with Gasteiger partial charge in [0.15, 0.2) is 5.25 Å². The van der Waals surface area contributed by atoms with Gasteiger partial charge >= 0.3 is 5.97 Å². The zero-order valence-corrected chi connectivity index (χ0v) is 10.8. The number of nitrogens with zero attached hydrogens (tertiary/aromatic N) is 1. The van der Waals surface area contributed by atoms with Gasteiger partial charge < -0.3 is 10.0 Å². The number of carboxylic acid groups (broad SMARTS) is 1. The number of benzene rings is 1. The Morgan fingerprint density at radius 2 is 1.94 bits per heavy atom. The molecule has 0 amide bonds. The molecular weight excluding hydrogens is 238 g/mol. The van der Waals surface area contributed by atoms with Crippen LogP contribution in [-0.4, -0.2) is 46.6 Å². The van der Waals surface area contributed by atoms with Crippen molar-refractivity contribution < 1.29 is 14.1 Å². The number of hydrogen-bond donors (Lipinski definition) is 1. The van der Waals surface area contributed by atoms with E-state index in [-0.39, 0.29) is 0 Å². The fraction of sp³-hybridized carbons (Fsp3) is 0.417. The largest absolute Gasteiger partial charge is 0.480 e. The highest BCUT2D eigenvalue weighted by molar-refractivity contribution is 7.86. The minimum absolute atomic E-state index is 0.360. The van der Waals surface area contributed by atoms with Gasteiger partial charge in [0.2, 0.25) is 0 Å². The normalized spacial score (nSPS) is 14.5. The molecule has 4 nitrogen and oxygen atoms in total. The Morgan fingerprint density at radius 1 is 1.35 bits per heavy atom. The average molecular weight is 255 g/mol. The Kier molecular flexibility index (Phi) is 5.31. The summed E-state index contributed by atoms with van der Waals surface area (Å²) in [5.74, 6) is -0.674. The molecule has 0 radical (unpaired) electrons. The van der Waals surface area contributed by atoms with Gasteiger partial charge in [0, 0.05) is 23.1 Å². The minimum atomic E-state index is -1.40. The second-order valence-electron chi connectivity index (χ2n) is 4.02. The molecule has 0 spiro atoms. The van der Waals surface area contributed by atoms with Gasteiger partial charge in [-0.1, -0.05) is 30.3 Å². The van der Waals surface area contributed by atoms with Gasteiger partial charge in [-0.15, -0.1) is 0 Å². The van der Waals surface area contributed by atoms with E-state index >= 15 is 0 Å². The Labute approximate surface area is 104 Å². The molecule has 0 heterocycles. The molecule has 1 rings (SSSR count). The first kappa shape index (κ1) is 13.9. The van der Waals surface area contributed by atoms with Crippen LogP contribution in [0.1, 0.15) is 10.8 Å². The Hall–Kier alpha value is -1.20. The van der Waals surface area contributed by atoms with Crippen molar-refractivity contribution in [1.82, 2.24) is 4.90 Å². The molecule has 0 aliphatic heterocycles. The molecule has 0 bridgehead atoms. The molecule has 1 aromatic rings. The molecule has 1 aromatic carbocycles. The van der Waals surface area contributed by atoms with Crippen molar-refractivity contribution in [3.63, 3.8) is 0 Å². The van der Waals surface area contributed by atoms with E-state index in [1.807, 2.05) is 25.1 Å². The van der Waals surface area contributed by atoms with E-state index in [1.54, 1.807) is 24.3 Å². The molecule has 0 aliphatic carbocycles. The summed E-state index contributed by atoms with van der Waals surface area (Å²) < 4.78 is 12.0. The van der Waals surface area contributed by atoms with E-state index in [0.717, 1.165) is 0 Å². The van der Waals surface area contributed by atoms with Gasteiger partial charge in [0.25, 0.3) is 0 Å². The highest BCUT2D eigenvalue weighted by Crippen LogP contribution is 2.20. The van der Waals surface area contributed by atoms with Gasteiger partial charge in [-0.2, -0.15) is 0 Å². The van der Waals surface area contributed by atoms with Crippen molar-refractivity contribution in [2.24, 2.45) is 0 Å². The molecule has 0 saturated carbocycles. The predicted octanol–water partition coefficient (Wildman–Crippen LogP) is 1.12. The molecule has 1 N–H and O–H groups in total. The molecule has 0 aromatic heterocycles. The van der Waals surface area contributed by atoms with Crippen molar-refractivity contribution >= 4 is 16.8 Å². The van der Waals surface area contributed by atoms with E-state index in [1.165, 1.54) is 0 Å². The topological polar surface area (TPSA) is 57.6 Å². The third-order valence-electron chi connectivity index (χ3n) is 2.33. The summed E-state index contributed by atoms with van der Waals surface area (Å²) in [4.78, 5) is 13.1. The fourth-order valence-corrected chi connectivity index (χ4v) is 2.89. The molecule has 2 atom stereocenters. The van der Waals surface area contributed by atoms with Crippen molar-refractivity contribution in [2.75, 3.05) is 26.4 Å². The monoisotopic (exact) mass is 255 g/mol. The van der Waals surface area contributed by atoms with Crippen molar-refractivity contribution in [1.29, 1.82) is 0 Å². The Balaban J connectivity index is 2.80. The standard InChI is InChI=1S/C12H17NO3S/c1-13(2)8-9-17(16)11(12(14)15)10-6-4-3-5-7-10/h3-7,11H,8-9H2,1-2H3,(H,14,15). The number of aliphatic carboxylic acids is 1. The highest BCUT2D eigenvalue weighted by atomic mass is 32.2. The first-order chi connectivity index (χ1) is 8.02. The molecule has 5 heteroatoms. The minimum Gasteiger partial charge on any atom is -0.480 e. The van der Waals surface area contributed by atoms with Gasteiger partial charge in [0.1, 0.15) is 0 Å². The maximum absolute atomic E-state index is 12.0. The van der Waals surface area contributed by atoms with Crippen molar-refractivity contribution in [2.45, 2.75) is 5.25 Å². The van der Waals surface area contributed by atoms with Crippen LogP contribution in [0.3, 0.4) is 0 Å². The molecule has 17 heavy (non-hydrogen) atoms. The Morgan fingerprint density at radius 3 is 2.41 bits per heavy atom. The molecular formula is C12H17NO3S. The molecule has 2 unspecified atom stereocenters. The first-order valence-electron chi connectivity index (χ1n) is 5.32. The summed E-state index contributed by atoms with van der Waals surface area (Å²) in [7, 11) is 2.34. The van der Waals surface area contributed by atoms with E-state index < -0.39 is 22.0 Å². The molecule has 0 aliphatic rings. The fourth-order valence-electron chi connectivity index (χ4n) is 1.43. The van der Waals surface area contributed by atoms with Crippen LogP contribution < -0.4 is 0 Å². The van der Waals surface area contributed by atoms with Crippen LogP contribution in [0, 0.1) is 0 Å². The summed E-state index contributed by atoms with van der Waals surface area (Å²) in [6.07, 6.45) is 0. The second-order valence-corrected chi connectivity index (χ2v) is 5.66. The maximum atomic E-state index is 12.0. The molecule has 0 saturated heterocycles. The van der Waals surface area contributed by atoms with Crippen molar-refractivity contribution in [3.05, 3.63) is 35.9 Å². The van der Waals surface area contributed by atoms with E-state index in [2.05, 4.69) is 0 Å². The van der Waals surface area contributed by atoms with Gasteiger partial charge in [-0.25, -0.2) is 0 Å². The smallest absolute Gasteiger partial charge is 0.323 e. The van der Waals surface area contributed by atoms with Crippen molar-refractivity contribution in [3.8, 4) is 0 Å². The van der Waals surface area contributed by atoms with E-state index in [4.69, 9.17) is 5.11 Å². The summed E-state index contributed by atoms with van der Waals surface area (Å²) >= 11 is 0. The summed E-state index contributed by atoms with van der Waals surface area (Å²) in [5.41, 5.74) is 0.595. The highest BCUT2D eigenvalue weighted by Gasteiger charge is 2.26. The van der Waals surface area contributed by atoms with E-state index in [9.17, 15) is 9.00 Å². The zero-order chi connectivity index (χ0) is 12.8. The molecule has 0 fully saturated rings. The van der Waals surface area contributed by atoms with Crippen LogP contribution in [0.5, 0.6) is 0 Å². The lowest BCUT2D eigenvalue weighted by Gasteiger charge is -2.14. The quantitative estimate of drug-likeness (QED) is 0.827. The van der Waals surface area contributed by atoms with Crippen LogP contribution in [0.4, 0.5) is 0 Å². The first-order valence-corrected chi connectivity index (χ1v) is 6.70. The van der Waals surface area contributed by atoms with Crippen LogP contribution in [0.2, 0.25) is 0 Å². The van der Waals surface area contributed by atoms with Crippen LogP contribution in [0.15, 0.2) is 30.3 Å². The van der Waals surface area contributed by atoms with Gasteiger partial charge in [0.05, 0.1) is 0 Å². The van der Waals surface area contributed by atoms with Gasteiger partial charge in [-0.05, 0) is 19.7 Å². The third-order valence-corrected chi connectivity index (χ3v) is 3.91. The van der Waals surface area contributed by atoms with E-state index in [0.29, 0.717) is 17.9 Å². The van der Waals surface area contributed by atoms with Crippen LogP contribution in [-0.2, 0) is 15.6 Å². The second kappa shape index (κ2) is 6.51. The lowest BCUT2D eigenvalue weighted by molar-refractivity contribution is -0.136. The number of carboxylic acids is 1. The number of hydrogen-bond acceptors (Lipinski definition) is 3. The zero-order valence-electron chi connectivity index (χ0n) is 10.00. The Bertz CT molecular complexity index is 392. The van der Waals surface area contributed by atoms with Gasteiger partial charge in [-0.3, -0.25) is 9.00 Å². The van der Waals surface area contributed by atoms with Crippen LogP contribution >= 0.6 is 0 Å². The summed E-state index contributed by atoms with van der Waals surface area (Å²) in [6, 6.07) is 8.73. The predicted molar refractivity (Wildman–Crippen MR) is 68.4 cm³/mol. The maximum Gasteiger partial charge on any atom is 0.323 e.